The van der Waals surface area contributed by atoms with E-state index < -0.39 is 22.5 Å². The molecule has 3 aromatic rings. The van der Waals surface area contributed by atoms with E-state index in [0.29, 0.717) is 21.3 Å². The van der Waals surface area contributed by atoms with Crippen molar-refractivity contribution in [3.05, 3.63) is 94.0 Å². The number of hydrogen-bond acceptors (Lipinski definition) is 4. The molecule has 0 unspecified atom stereocenters. The highest BCUT2D eigenvalue weighted by molar-refractivity contribution is 7.92. The van der Waals surface area contributed by atoms with Gasteiger partial charge in [-0.1, -0.05) is 65.2 Å². The topological polar surface area (TPSA) is 78.8 Å². The summed E-state index contributed by atoms with van der Waals surface area (Å²) in [5.74, 6) is -0.626. The molecule has 0 aliphatic rings. The molecule has 0 aromatic heterocycles. The van der Waals surface area contributed by atoms with Gasteiger partial charge in [-0.15, -0.1) is 0 Å². The lowest BCUT2D eigenvalue weighted by Gasteiger charge is -2.23. The Morgan fingerprint density at radius 3 is 2.19 bits per heavy atom. The zero-order valence-corrected chi connectivity index (χ0v) is 18.8. The summed E-state index contributed by atoms with van der Waals surface area (Å²) in [5, 5.41) is 4.61. The van der Waals surface area contributed by atoms with E-state index in [1.54, 1.807) is 60.7 Å². The number of nitrogens with zero attached hydrogens (tertiary/aromatic N) is 2. The largest absolute Gasteiger partial charge is 0.271 e. The van der Waals surface area contributed by atoms with Gasteiger partial charge in [0.2, 0.25) is 0 Å². The first-order chi connectivity index (χ1) is 14.8. The van der Waals surface area contributed by atoms with Gasteiger partial charge in [-0.3, -0.25) is 9.10 Å². The molecule has 0 saturated heterocycles. The number of para-hydroxylation sites is 1. The number of hydrogen-bond donors (Lipinski definition) is 1. The summed E-state index contributed by atoms with van der Waals surface area (Å²) in [6.45, 7) is 1.40. The number of halogens is 2. The van der Waals surface area contributed by atoms with E-state index in [9.17, 15) is 13.2 Å². The number of sulfonamides is 1. The van der Waals surface area contributed by atoms with Crippen LogP contribution in [0.1, 0.15) is 11.1 Å². The van der Waals surface area contributed by atoms with E-state index >= 15 is 0 Å². The Morgan fingerprint density at radius 2 is 1.58 bits per heavy atom. The lowest BCUT2D eigenvalue weighted by molar-refractivity contribution is -0.119. The van der Waals surface area contributed by atoms with Crippen LogP contribution in [0.4, 0.5) is 5.69 Å². The van der Waals surface area contributed by atoms with Crippen LogP contribution in [0, 0.1) is 6.92 Å². The fourth-order valence-corrected chi connectivity index (χ4v) is 4.63. The second-order valence-corrected chi connectivity index (χ2v) is 9.27. The van der Waals surface area contributed by atoms with Gasteiger partial charge < -0.3 is 0 Å². The molecule has 6 nitrogen and oxygen atoms in total. The van der Waals surface area contributed by atoms with Crippen molar-refractivity contribution in [1.29, 1.82) is 0 Å². The van der Waals surface area contributed by atoms with Gasteiger partial charge in [0.1, 0.15) is 6.54 Å². The number of carbonyl (C=O) groups is 1. The van der Waals surface area contributed by atoms with E-state index in [1.165, 1.54) is 18.3 Å². The zero-order chi connectivity index (χ0) is 22.4. The molecule has 0 aliphatic carbocycles. The van der Waals surface area contributed by atoms with Gasteiger partial charge in [0.15, 0.2) is 0 Å². The van der Waals surface area contributed by atoms with Crippen LogP contribution in [-0.2, 0) is 14.8 Å². The Balaban J connectivity index is 1.83. The number of rotatable bonds is 7. The number of carbonyl (C=O) groups excluding carboxylic acids is 1. The average molecular weight is 476 g/mol. The Hall–Kier alpha value is -2.87. The Morgan fingerprint density at radius 1 is 0.968 bits per heavy atom. The molecule has 0 heterocycles. The van der Waals surface area contributed by atoms with Gasteiger partial charge >= 0.3 is 0 Å². The molecule has 0 fully saturated rings. The van der Waals surface area contributed by atoms with E-state index in [-0.39, 0.29) is 4.90 Å². The fraction of sp³-hybridized carbons (Fsp3) is 0.0909. The van der Waals surface area contributed by atoms with Crippen molar-refractivity contribution in [2.24, 2.45) is 5.10 Å². The minimum Gasteiger partial charge on any atom is -0.271 e. The number of hydrazone groups is 1. The highest BCUT2D eigenvalue weighted by Gasteiger charge is 2.27. The zero-order valence-electron chi connectivity index (χ0n) is 16.5. The van der Waals surface area contributed by atoms with Crippen LogP contribution in [0.2, 0.25) is 10.0 Å². The molecule has 0 saturated carbocycles. The van der Waals surface area contributed by atoms with Crippen LogP contribution in [0.25, 0.3) is 0 Å². The van der Waals surface area contributed by atoms with Crippen molar-refractivity contribution >= 4 is 51.0 Å². The summed E-state index contributed by atoms with van der Waals surface area (Å²) in [7, 11) is -3.98. The van der Waals surface area contributed by atoms with Crippen LogP contribution in [0.15, 0.2) is 82.8 Å². The normalized spacial score (nSPS) is 11.5. The number of nitrogens with one attached hydrogen (secondary N) is 1. The van der Waals surface area contributed by atoms with E-state index in [2.05, 4.69) is 10.5 Å². The first kappa shape index (κ1) is 22.8. The van der Waals surface area contributed by atoms with Crippen LogP contribution >= 0.6 is 23.2 Å². The minimum atomic E-state index is -3.98. The lowest BCUT2D eigenvalue weighted by atomic mass is 10.2. The lowest BCUT2D eigenvalue weighted by Crippen LogP contribution is -2.39. The number of amides is 1. The van der Waals surface area contributed by atoms with Gasteiger partial charge in [-0.2, -0.15) is 5.10 Å². The molecule has 0 radical (unpaired) electrons. The maximum atomic E-state index is 13.2. The second-order valence-electron chi connectivity index (χ2n) is 6.59. The first-order valence-electron chi connectivity index (χ1n) is 9.19. The Kier molecular flexibility index (Phi) is 7.33. The van der Waals surface area contributed by atoms with Gasteiger partial charge in [0, 0.05) is 5.56 Å². The highest BCUT2D eigenvalue weighted by Crippen LogP contribution is 2.24. The molecular formula is C22H19Cl2N3O3S. The number of benzene rings is 3. The summed E-state index contributed by atoms with van der Waals surface area (Å²) in [6, 6.07) is 19.8. The van der Waals surface area contributed by atoms with Crippen molar-refractivity contribution in [2.75, 3.05) is 10.8 Å². The third kappa shape index (κ3) is 5.64. The molecule has 0 atom stereocenters. The smallest absolute Gasteiger partial charge is 0.264 e. The summed E-state index contributed by atoms with van der Waals surface area (Å²) < 4.78 is 27.5. The van der Waals surface area contributed by atoms with Crippen molar-refractivity contribution in [2.45, 2.75) is 11.8 Å². The standard InChI is InChI=1S/C22H19Cl2N3O3S/c1-16-10-12-18(13-11-16)31(29,30)27(17-6-3-2-4-7-17)15-22(28)26-25-14-19-20(23)8-5-9-21(19)24/h2-14H,15H2,1H3,(H,26,28)/b25-14-. The molecule has 0 spiro atoms. The predicted molar refractivity (Wildman–Crippen MR) is 124 cm³/mol. The molecule has 1 amide bonds. The third-order valence-corrected chi connectivity index (χ3v) is 6.77. The van der Waals surface area contributed by atoms with Gasteiger partial charge in [-0.25, -0.2) is 13.8 Å². The second kappa shape index (κ2) is 9.96. The number of anilines is 1. The monoisotopic (exact) mass is 475 g/mol. The van der Waals surface area contributed by atoms with E-state index in [0.717, 1.165) is 9.87 Å². The summed E-state index contributed by atoms with van der Waals surface area (Å²) in [5.41, 5.74) is 4.05. The number of aryl methyl sites for hydroxylation is 1. The molecule has 9 heteroatoms. The SMILES string of the molecule is Cc1ccc(S(=O)(=O)N(CC(=O)N/N=C\c2c(Cl)cccc2Cl)c2ccccc2)cc1. The first-order valence-corrected chi connectivity index (χ1v) is 11.4. The molecule has 0 bridgehead atoms. The molecule has 0 aliphatic heterocycles. The maximum absolute atomic E-state index is 13.2. The van der Waals surface area contributed by atoms with Crippen LogP contribution in [-0.4, -0.2) is 27.1 Å². The maximum Gasteiger partial charge on any atom is 0.264 e. The molecule has 3 rings (SSSR count). The fourth-order valence-electron chi connectivity index (χ4n) is 2.72. The van der Waals surface area contributed by atoms with Gasteiger partial charge in [0.05, 0.1) is 26.8 Å². The van der Waals surface area contributed by atoms with Crippen LogP contribution in [0.5, 0.6) is 0 Å². The van der Waals surface area contributed by atoms with Gasteiger partial charge in [-0.05, 0) is 43.3 Å². The summed E-state index contributed by atoms with van der Waals surface area (Å²) in [4.78, 5) is 12.6. The minimum absolute atomic E-state index is 0.0844. The molecule has 31 heavy (non-hydrogen) atoms. The van der Waals surface area contributed by atoms with Crippen molar-refractivity contribution in [3.8, 4) is 0 Å². The van der Waals surface area contributed by atoms with E-state index in [1.807, 2.05) is 6.92 Å². The summed E-state index contributed by atoms with van der Waals surface area (Å²) >= 11 is 12.1. The average Bonchev–Trinajstić information content (AvgIpc) is 2.75. The Labute approximate surface area is 191 Å². The van der Waals surface area contributed by atoms with Gasteiger partial charge in [0.25, 0.3) is 15.9 Å². The van der Waals surface area contributed by atoms with Crippen molar-refractivity contribution in [1.82, 2.24) is 5.43 Å². The van der Waals surface area contributed by atoms with Crippen molar-refractivity contribution < 1.29 is 13.2 Å². The molecule has 1 N–H and O–H groups in total. The van der Waals surface area contributed by atoms with E-state index in [4.69, 9.17) is 23.2 Å². The Bertz CT molecular complexity index is 1180. The third-order valence-electron chi connectivity index (χ3n) is 4.32. The van der Waals surface area contributed by atoms with Crippen molar-refractivity contribution in [3.63, 3.8) is 0 Å². The quantitative estimate of drug-likeness (QED) is 0.399. The predicted octanol–water partition coefficient (Wildman–Crippen LogP) is 4.65. The molecular weight excluding hydrogens is 457 g/mol. The van der Waals surface area contributed by atoms with Crippen LogP contribution in [0.3, 0.4) is 0 Å². The van der Waals surface area contributed by atoms with Crippen LogP contribution < -0.4 is 9.73 Å². The summed E-state index contributed by atoms with van der Waals surface area (Å²) in [6.07, 6.45) is 1.31. The highest BCUT2D eigenvalue weighted by atomic mass is 35.5. The molecule has 160 valence electrons. The molecule has 3 aromatic carbocycles.